The van der Waals surface area contributed by atoms with Crippen LogP contribution < -0.4 is 10.5 Å². The Morgan fingerprint density at radius 2 is 2.12 bits per heavy atom. The van der Waals surface area contributed by atoms with Gasteiger partial charge in [0, 0.05) is 17.8 Å². The number of aromatic nitrogens is 1. The van der Waals surface area contributed by atoms with Gasteiger partial charge in [0.1, 0.15) is 4.99 Å². The second-order valence-corrected chi connectivity index (χ2v) is 3.40. The van der Waals surface area contributed by atoms with Gasteiger partial charge in [-0.1, -0.05) is 12.2 Å². The molecule has 0 aliphatic carbocycles. The molecular weight excluding hydrogens is 241 g/mol. The van der Waals surface area contributed by atoms with Crippen LogP contribution in [0.1, 0.15) is 12.0 Å². The van der Waals surface area contributed by atoms with E-state index in [1.54, 1.807) is 0 Å². The van der Waals surface area contributed by atoms with Crippen molar-refractivity contribution in [3.63, 3.8) is 0 Å². The Balaban J connectivity index is 2.47. The van der Waals surface area contributed by atoms with E-state index in [9.17, 15) is 13.2 Å². The maximum absolute atomic E-state index is 11.8. The van der Waals surface area contributed by atoms with E-state index in [4.69, 9.17) is 10.5 Å². The summed E-state index contributed by atoms with van der Waals surface area (Å²) in [6.45, 7) is -0.455. The average Bonchev–Trinajstić information content (AvgIpc) is 2.16. The number of thiocarbonyl (C=S) groups is 1. The molecule has 0 aliphatic rings. The molecule has 2 N–H and O–H groups in total. The minimum atomic E-state index is -4.22. The Morgan fingerprint density at radius 1 is 1.44 bits per heavy atom. The molecule has 0 radical (unpaired) electrons. The summed E-state index contributed by atoms with van der Waals surface area (Å²) in [7, 11) is 0. The van der Waals surface area contributed by atoms with Gasteiger partial charge in [0.05, 0.1) is 13.0 Å². The third-order valence-electron chi connectivity index (χ3n) is 1.66. The number of rotatable bonds is 4. The van der Waals surface area contributed by atoms with Crippen LogP contribution in [-0.4, -0.2) is 22.8 Å². The Hall–Kier alpha value is -1.37. The highest BCUT2D eigenvalue weighted by Crippen LogP contribution is 2.19. The molecular formula is C9H9F3N2OS. The fourth-order valence-electron chi connectivity index (χ4n) is 0.883. The largest absolute Gasteiger partial charge is 0.477 e. The van der Waals surface area contributed by atoms with E-state index in [2.05, 4.69) is 17.2 Å². The van der Waals surface area contributed by atoms with Gasteiger partial charge in [-0.05, 0) is 6.07 Å². The predicted molar refractivity (Wildman–Crippen MR) is 56.3 cm³/mol. The number of pyridine rings is 1. The number of ether oxygens (including phenoxy) is 1. The van der Waals surface area contributed by atoms with Gasteiger partial charge in [-0.15, -0.1) is 0 Å². The van der Waals surface area contributed by atoms with Gasteiger partial charge < -0.3 is 10.5 Å². The quantitative estimate of drug-likeness (QED) is 0.831. The molecule has 0 aromatic carbocycles. The fraction of sp³-hybridized carbons (Fsp3) is 0.333. The normalized spacial score (nSPS) is 11.2. The molecule has 7 heteroatoms. The minimum absolute atomic E-state index is 0.115. The van der Waals surface area contributed by atoms with Crippen molar-refractivity contribution < 1.29 is 17.9 Å². The van der Waals surface area contributed by atoms with Crippen molar-refractivity contribution in [2.24, 2.45) is 5.73 Å². The van der Waals surface area contributed by atoms with Crippen LogP contribution >= 0.6 is 12.2 Å². The van der Waals surface area contributed by atoms with Crippen LogP contribution in [0, 0.1) is 0 Å². The molecule has 0 amide bonds. The first-order valence-corrected chi connectivity index (χ1v) is 4.75. The van der Waals surface area contributed by atoms with E-state index in [1.165, 1.54) is 18.3 Å². The summed E-state index contributed by atoms with van der Waals surface area (Å²) in [5, 5.41) is 0. The summed E-state index contributed by atoms with van der Waals surface area (Å²) in [5.74, 6) is 0.115. The molecule has 0 saturated carbocycles. The zero-order valence-electron chi connectivity index (χ0n) is 8.12. The van der Waals surface area contributed by atoms with Crippen molar-refractivity contribution in [2.75, 3.05) is 6.61 Å². The van der Waals surface area contributed by atoms with Crippen molar-refractivity contribution in [3.8, 4) is 5.88 Å². The van der Waals surface area contributed by atoms with Crippen LogP contribution in [0.3, 0.4) is 0 Å². The van der Waals surface area contributed by atoms with Crippen LogP contribution in [-0.2, 0) is 0 Å². The van der Waals surface area contributed by atoms with Gasteiger partial charge in [0.15, 0.2) is 0 Å². The molecule has 0 atom stereocenters. The van der Waals surface area contributed by atoms with E-state index in [0.29, 0.717) is 5.56 Å². The highest BCUT2D eigenvalue weighted by atomic mass is 32.1. The number of hydrogen-bond donors (Lipinski definition) is 1. The topological polar surface area (TPSA) is 48.1 Å². The molecule has 16 heavy (non-hydrogen) atoms. The van der Waals surface area contributed by atoms with Crippen molar-refractivity contribution in [1.82, 2.24) is 4.98 Å². The maximum atomic E-state index is 11.8. The second kappa shape index (κ2) is 5.11. The van der Waals surface area contributed by atoms with Crippen LogP contribution in [0.2, 0.25) is 0 Å². The van der Waals surface area contributed by atoms with E-state index in [-0.39, 0.29) is 10.9 Å². The van der Waals surface area contributed by atoms with E-state index < -0.39 is 19.2 Å². The van der Waals surface area contributed by atoms with E-state index in [1.807, 2.05) is 0 Å². The molecule has 0 spiro atoms. The second-order valence-electron chi connectivity index (χ2n) is 2.96. The Kier molecular flexibility index (Phi) is 4.05. The highest BCUT2D eigenvalue weighted by Gasteiger charge is 2.26. The SMILES string of the molecule is NC(=S)c1ccc(OCCC(F)(F)F)nc1. The summed E-state index contributed by atoms with van der Waals surface area (Å²) >= 11 is 4.69. The molecule has 0 aliphatic heterocycles. The lowest BCUT2D eigenvalue weighted by molar-refractivity contribution is -0.139. The summed E-state index contributed by atoms with van der Waals surface area (Å²) in [4.78, 5) is 3.94. The van der Waals surface area contributed by atoms with Crippen LogP contribution in [0.4, 0.5) is 13.2 Å². The Morgan fingerprint density at radius 3 is 2.56 bits per heavy atom. The summed E-state index contributed by atoms with van der Waals surface area (Å²) in [6, 6.07) is 2.96. The number of hydrogen-bond acceptors (Lipinski definition) is 3. The van der Waals surface area contributed by atoms with Gasteiger partial charge >= 0.3 is 6.18 Å². The highest BCUT2D eigenvalue weighted by molar-refractivity contribution is 7.80. The Labute approximate surface area is 95.4 Å². The van der Waals surface area contributed by atoms with Crippen molar-refractivity contribution >= 4 is 17.2 Å². The van der Waals surface area contributed by atoms with Gasteiger partial charge in [0.2, 0.25) is 5.88 Å². The molecule has 0 saturated heterocycles. The molecule has 0 bridgehead atoms. The third-order valence-corrected chi connectivity index (χ3v) is 1.89. The molecule has 0 fully saturated rings. The van der Waals surface area contributed by atoms with E-state index >= 15 is 0 Å². The van der Waals surface area contributed by atoms with Gasteiger partial charge in [-0.25, -0.2) is 4.98 Å². The zero-order valence-corrected chi connectivity index (χ0v) is 8.94. The molecule has 1 aromatic heterocycles. The van der Waals surface area contributed by atoms with Crippen LogP contribution in [0.25, 0.3) is 0 Å². The summed E-state index contributed by atoms with van der Waals surface area (Å²) in [6.07, 6.45) is -3.88. The maximum Gasteiger partial charge on any atom is 0.392 e. The lowest BCUT2D eigenvalue weighted by atomic mass is 10.3. The molecule has 3 nitrogen and oxygen atoms in total. The summed E-state index contributed by atoms with van der Waals surface area (Å²) in [5.41, 5.74) is 5.86. The first kappa shape index (κ1) is 12.7. The number of alkyl halides is 3. The molecule has 88 valence electrons. The molecule has 1 rings (SSSR count). The monoisotopic (exact) mass is 250 g/mol. The molecule has 0 unspecified atom stereocenters. The Bertz CT molecular complexity index is 364. The number of nitrogens with zero attached hydrogens (tertiary/aromatic N) is 1. The fourth-order valence-corrected chi connectivity index (χ4v) is 1.00. The lowest BCUT2D eigenvalue weighted by Gasteiger charge is -2.07. The van der Waals surface area contributed by atoms with Crippen LogP contribution in [0.15, 0.2) is 18.3 Å². The zero-order chi connectivity index (χ0) is 12.2. The smallest absolute Gasteiger partial charge is 0.392 e. The molecule has 1 heterocycles. The first-order chi connectivity index (χ1) is 7.38. The van der Waals surface area contributed by atoms with Gasteiger partial charge in [-0.2, -0.15) is 13.2 Å². The van der Waals surface area contributed by atoms with Crippen molar-refractivity contribution in [3.05, 3.63) is 23.9 Å². The minimum Gasteiger partial charge on any atom is -0.477 e. The van der Waals surface area contributed by atoms with Crippen LogP contribution in [0.5, 0.6) is 5.88 Å². The lowest BCUT2D eigenvalue weighted by Crippen LogP contribution is -2.14. The van der Waals surface area contributed by atoms with Gasteiger partial charge in [-0.3, -0.25) is 0 Å². The van der Waals surface area contributed by atoms with Crippen molar-refractivity contribution in [2.45, 2.75) is 12.6 Å². The average molecular weight is 250 g/mol. The van der Waals surface area contributed by atoms with Gasteiger partial charge in [0.25, 0.3) is 0 Å². The number of halogens is 3. The van der Waals surface area contributed by atoms with E-state index in [0.717, 1.165) is 0 Å². The number of nitrogens with two attached hydrogens (primary N) is 1. The standard InChI is InChI=1S/C9H9F3N2OS/c10-9(11,12)3-4-15-7-2-1-6(5-14-7)8(13)16/h1-2,5H,3-4H2,(H2,13,16). The third kappa shape index (κ3) is 4.43. The predicted octanol–water partition coefficient (Wildman–Crippen LogP) is 2.05. The van der Waals surface area contributed by atoms with Crippen molar-refractivity contribution in [1.29, 1.82) is 0 Å². The molecule has 1 aromatic rings. The first-order valence-electron chi connectivity index (χ1n) is 4.34. The summed E-state index contributed by atoms with van der Waals surface area (Å²) < 4.78 is 40.2.